The van der Waals surface area contributed by atoms with E-state index in [-0.39, 0.29) is 0 Å². The summed E-state index contributed by atoms with van der Waals surface area (Å²) in [5, 5.41) is 3.72. The fourth-order valence-corrected chi connectivity index (χ4v) is 3.00. The summed E-state index contributed by atoms with van der Waals surface area (Å²) in [7, 11) is 0. The molecule has 1 N–H and O–H groups in total. The average Bonchev–Trinajstić information content (AvgIpc) is 2.86. The van der Waals surface area contributed by atoms with E-state index in [2.05, 4.69) is 25.2 Å². The molecule has 1 unspecified atom stereocenters. The SMILES string of the molecule is CCCC1CCC(NC(C)c2ccoc2)CC1. The zero-order chi connectivity index (χ0) is 12.1. The predicted octanol–water partition coefficient (Wildman–Crippen LogP) is 4.29. The van der Waals surface area contributed by atoms with E-state index in [9.17, 15) is 0 Å². The van der Waals surface area contributed by atoms with Crippen molar-refractivity contribution in [1.29, 1.82) is 0 Å². The third kappa shape index (κ3) is 3.60. The quantitative estimate of drug-likeness (QED) is 0.823. The Balaban J connectivity index is 1.74. The third-order valence-corrected chi connectivity index (χ3v) is 4.07. The molecule has 1 aliphatic carbocycles. The minimum Gasteiger partial charge on any atom is -0.472 e. The lowest BCUT2D eigenvalue weighted by molar-refractivity contribution is 0.266. The minimum absolute atomic E-state index is 0.418. The van der Waals surface area contributed by atoms with Gasteiger partial charge < -0.3 is 9.73 Å². The molecule has 0 aromatic carbocycles. The van der Waals surface area contributed by atoms with Crippen LogP contribution in [0.25, 0.3) is 0 Å². The number of furan rings is 1. The zero-order valence-electron chi connectivity index (χ0n) is 11.1. The third-order valence-electron chi connectivity index (χ3n) is 4.07. The van der Waals surface area contributed by atoms with Gasteiger partial charge in [0.15, 0.2) is 0 Å². The van der Waals surface area contributed by atoms with Crippen molar-refractivity contribution in [3.63, 3.8) is 0 Å². The van der Waals surface area contributed by atoms with Gasteiger partial charge in [0.1, 0.15) is 0 Å². The molecule has 0 bridgehead atoms. The van der Waals surface area contributed by atoms with Gasteiger partial charge in [-0.25, -0.2) is 0 Å². The van der Waals surface area contributed by atoms with Crippen LogP contribution in [-0.4, -0.2) is 6.04 Å². The van der Waals surface area contributed by atoms with Crippen molar-refractivity contribution >= 4 is 0 Å². The molecule has 2 heteroatoms. The van der Waals surface area contributed by atoms with Crippen LogP contribution in [0.5, 0.6) is 0 Å². The molecule has 2 nitrogen and oxygen atoms in total. The van der Waals surface area contributed by atoms with Gasteiger partial charge in [-0.2, -0.15) is 0 Å². The molecule has 17 heavy (non-hydrogen) atoms. The summed E-state index contributed by atoms with van der Waals surface area (Å²) in [6.07, 6.45) is 11.9. The average molecular weight is 235 g/mol. The van der Waals surface area contributed by atoms with Crippen LogP contribution in [0.1, 0.15) is 64.0 Å². The van der Waals surface area contributed by atoms with E-state index < -0.39 is 0 Å². The summed E-state index contributed by atoms with van der Waals surface area (Å²) >= 11 is 0. The van der Waals surface area contributed by atoms with E-state index in [4.69, 9.17) is 4.42 Å². The van der Waals surface area contributed by atoms with Gasteiger partial charge in [0.05, 0.1) is 12.5 Å². The highest BCUT2D eigenvalue weighted by Gasteiger charge is 2.21. The first kappa shape index (κ1) is 12.7. The first-order valence-corrected chi connectivity index (χ1v) is 7.07. The molecule has 1 fully saturated rings. The summed E-state index contributed by atoms with van der Waals surface area (Å²) in [6.45, 7) is 4.52. The zero-order valence-corrected chi connectivity index (χ0v) is 11.1. The Kier molecular flexibility index (Phi) is 4.66. The Morgan fingerprint density at radius 1 is 1.35 bits per heavy atom. The van der Waals surface area contributed by atoms with Gasteiger partial charge in [0.25, 0.3) is 0 Å². The van der Waals surface area contributed by atoms with Crippen molar-refractivity contribution in [3.8, 4) is 0 Å². The number of hydrogen-bond acceptors (Lipinski definition) is 2. The lowest BCUT2D eigenvalue weighted by Gasteiger charge is -2.31. The molecule has 1 aromatic heterocycles. The van der Waals surface area contributed by atoms with Gasteiger partial charge in [-0.1, -0.05) is 19.8 Å². The van der Waals surface area contributed by atoms with E-state index in [1.54, 1.807) is 6.26 Å². The van der Waals surface area contributed by atoms with E-state index >= 15 is 0 Å². The monoisotopic (exact) mass is 235 g/mol. The summed E-state index contributed by atoms with van der Waals surface area (Å²) in [6, 6.07) is 3.18. The van der Waals surface area contributed by atoms with Gasteiger partial charge in [-0.15, -0.1) is 0 Å². The van der Waals surface area contributed by atoms with E-state index in [1.807, 2.05) is 6.26 Å². The van der Waals surface area contributed by atoms with Gasteiger partial charge in [0, 0.05) is 17.6 Å². The van der Waals surface area contributed by atoms with Crippen LogP contribution < -0.4 is 5.32 Å². The smallest absolute Gasteiger partial charge is 0.0950 e. The second-order valence-corrected chi connectivity index (χ2v) is 5.45. The topological polar surface area (TPSA) is 25.2 Å². The highest BCUT2D eigenvalue weighted by atomic mass is 16.3. The van der Waals surface area contributed by atoms with Crippen molar-refractivity contribution < 1.29 is 4.42 Å². The molecule has 1 atom stereocenters. The van der Waals surface area contributed by atoms with Crippen LogP contribution in [0, 0.1) is 5.92 Å². The second-order valence-electron chi connectivity index (χ2n) is 5.45. The molecule has 0 radical (unpaired) electrons. The molecule has 1 heterocycles. The van der Waals surface area contributed by atoms with Crippen molar-refractivity contribution in [2.45, 2.75) is 64.5 Å². The van der Waals surface area contributed by atoms with E-state index in [1.165, 1.54) is 44.1 Å². The molecule has 0 aliphatic heterocycles. The molecule has 1 saturated carbocycles. The number of rotatable bonds is 5. The molecular weight excluding hydrogens is 210 g/mol. The van der Waals surface area contributed by atoms with Gasteiger partial charge in [-0.3, -0.25) is 0 Å². The normalized spacial score (nSPS) is 26.9. The lowest BCUT2D eigenvalue weighted by Crippen LogP contribution is -2.34. The van der Waals surface area contributed by atoms with Crippen LogP contribution >= 0.6 is 0 Å². The Morgan fingerprint density at radius 3 is 2.71 bits per heavy atom. The Bertz CT molecular complexity index is 299. The summed E-state index contributed by atoms with van der Waals surface area (Å²) in [5.41, 5.74) is 1.26. The van der Waals surface area contributed by atoms with Crippen molar-refractivity contribution in [1.82, 2.24) is 5.32 Å². The summed E-state index contributed by atoms with van der Waals surface area (Å²) in [5.74, 6) is 0.988. The van der Waals surface area contributed by atoms with Crippen molar-refractivity contribution in [2.75, 3.05) is 0 Å². The lowest BCUT2D eigenvalue weighted by atomic mass is 9.83. The molecule has 0 spiro atoms. The maximum Gasteiger partial charge on any atom is 0.0950 e. The number of nitrogens with one attached hydrogen (secondary N) is 1. The fraction of sp³-hybridized carbons (Fsp3) is 0.733. The van der Waals surface area contributed by atoms with Crippen LogP contribution in [0.3, 0.4) is 0 Å². The maximum atomic E-state index is 5.13. The standard InChI is InChI=1S/C15H25NO/c1-3-4-13-5-7-15(8-6-13)16-12(2)14-9-10-17-11-14/h9-13,15-16H,3-8H2,1-2H3. The molecule has 1 aromatic rings. The molecule has 1 aliphatic rings. The molecule has 0 saturated heterocycles. The van der Waals surface area contributed by atoms with Gasteiger partial charge in [0.2, 0.25) is 0 Å². The Morgan fingerprint density at radius 2 is 2.12 bits per heavy atom. The van der Waals surface area contributed by atoms with Crippen LogP contribution in [0.4, 0.5) is 0 Å². The van der Waals surface area contributed by atoms with E-state index in [0.29, 0.717) is 12.1 Å². The maximum absolute atomic E-state index is 5.13. The Labute approximate surface area is 105 Å². The van der Waals surface area contributed by atoms with E-state index in [0.717, 1.165) is 5.92 Å². The molecule has 96 valence electrons. The van der Waals surface area contributed by atoms with Gasteiger partial charge in [-0.05, 0) is 44.6 Å². The first-order chi connectivity index (χ1) is 8.29. The molecule has 2 rings (SSSR count). The van der Waals surface area contributed by atoms with Crippen LogP contribution in [-0.2, 0) is 0 Å². The minimum atomic E-state index is 0.418. The molecular formula is C15H25NO. The Hall–Kier alpha value is -0.760. The van der Waals surface area contributed by atoms with Crippen molar-refractivity contribution in [3.05, 3.63) is 24.2 Å². The number of hydrogen-bond donors (Lipinski definition) is 1. The fourth-order valence-electron chi connectivity index (χ4n) is 3.00. The van der Waals surface area contributed by atoms with Gasteiger partial charge >= 0.3 is 0 Å². The second kappa shape index (κ2) is 6.25. The summed E-state index contributed by atoms with van der Waals surface area (Å²) < 4.78 is 5.13. The van der Waals surface area contributed by atoms with Crippen LogP contribution in [0.15, 0.2) is 23.0 Å². The largest absolute Gasteiger partial charge is 0.472 e. The first-order valence-electron chi connectivity index (χ1n) is 7.07. The molecule has 0 amide bonds. The highest BCUT2D eigenvalue weighted by Crippen LogP contribution is 2.29. The van der Waals surface area contributed by atoms with Crippen LogP contribution in [0.2, 0.25) is 0 Å². The highest BCUT2D eigenvalue weighted by molar-refractivity contribution is 5.10. The summed E-state index contributed by atoms with van der Waals surface area (Å²) in [4.78, 5) is 0. The van der Waals surface area contributed by atoms with Crippen molar-refractivity contribution in [2.24, 2.45) is 5.92 Å². The predicted molar refractivity (Wildman–Crippen MR) is 70.9 cm³/mol.